The summed E-state index contributed by atoms with van der Waals surface area (Å²) in [7, 11) is 0. The van der Waals surface area contributed by atoms with E-state index in [0.717, 1.165) is 6.42 Å². The van der Waals surface area contributed by atoms with Crippen LogP contribution in [0.15, 0.2) is 0 Å². The quantitative estimate of drug-likeness (QED) is 0.789. The summed E-state index contributed by atoms with van der Waals surface area (Å²) in [6.07, 6.45) is 3.40. The highest BCUT2D eigenvalue weighted by Crippen LogP contribution is 2.38. The predicted molar refractivity (Wildman–Crippen MR) is 78.6 cm³/mol. The van der Waals surface area contributed by atoms with E-state index in [1.807, 2.05) is 0 Å². The molecule has 1 fully saturated rings. The monoisotopic (exact) mass is 255 g/mol. The average Bonchev–Trinajstić information content (AvgIpc) is 2.22. The highest BCUT2D eigenvalue weighted by molar-refractivity contribution is 4.92. The minimum absolute atomic E-state index is 0.170. The van der Waals surface area contributed by atoms with Crippen molar-refractivity contribution in [3.8, 4) is 0 Å². The van der Waals surface area contributed by atoms with Crippen LogP contribution < -0.4 is 5.32 Å². The Hall–Kier alpha value is -0.0800. The van der Waals surface area contributed by atoms with Gasteiger partial charge in [0.15, 0.2) is 0 Å². The van der Waals surface area contributed by atoms with Crippen molar-refractivity contribution in [1.29, 1.82) is 0 Å². The van der Waals surface area contributed by atoms with E-state index in [2.05, 4.69) is 46.9 Å². The van der Waals surface area contributed by atoms with Crippen LogP contribution in [0.3, 0.4) is 0 Å². The number of hydrogen-bond donors (Lipinski definition) is 2. The highest BCUT2D eigenvalue weighted by atomic mass is 16.3. The number of rotatable bonds is 5. The molecule has 2 nitrogen and oxygen atoms in total. The van der Waals surface area contributed by atoms with Gasteiger partial charge in [-0.1, -0.05) is 48.0 Å². The molecule has 0 amide bonds. The second-order valence-corrected chi connectivity index (χ2v) is 7.08. The van der Waals surface area contributed by atoms with Crippen LogP contribution in [-0.4, -0.2) is 23.3 Å². The van der Waals surface area contributed by atoms with E-state index in [1.54, 1.807) is 0 Å². The predicted octanol–water partition coefficient (Wildman–Crippen LogP) is 3.44. The molecule has 0 spiro atoms. The Bertz CT molecular complexity index is 229. The molecule has 0 bridgehead atoms. The summed E-state index contributed by atoms with van der Waals surface area (Å²) in [5, 5.41) is 14.2. The summed E-state index contributed by atoms with van der Waals surface area (Å²) >= 11 is 0. The molecule has 0 aromatic heterocycles. The van der Waals surface area contributed by atoms with Crippen LogP contribution in [0.4, 0.5) is 0 Å². The molecule has 2 N–H and O–H groups in total. The molecule has 3 atom stereocenters. The van der Waals surface area contributed by atoms with Crippen LogP contribution in [0, 0.1) is 23.7 Å². The second-order valence-electron chi connectivity index (χ2n) is 7.08. The van der Waals surface area contributed by atoms with E-state index in [1.165, 1.54) is 12.8 Å². The van der Waals surface area contributed by atoms with Gasteiger partial charge in [-0.3, -0.25) is 0 Å². The topological polar surface area (TPSA) is 32.3 Å². The van der Waals surface area contributed by atoms with E-state index >= 15 is 0 Å². The Morgan fingerprint density at radius 2 is 1.50 bits per heavy atom. The van der Waals surface area contributed by atoms with Gasteiger partial charge in [-0.05, 0) is 36.5 Å². The lowest BCUT2D eigenvalue weighted by atomic mass is 9.67. The minimum Gasteiger partial charge on any atom is -0.391 e. The Morgan fingerprint density at radius 1 is 0.944 bits per heavy atom. The van der Waals surface area contributed by atoms with Crippen LogP contribution in [0.5, 0.6) is 0 Å². The van der Waals surface area contributed by atoms with Gasteiger partial charge < -0.3 is 10.4 Å². The Morgan fingerprint density at radius 3 is 1.94 bits per heavy atom. The van der Waals surface area contributed by atoms with Crippen LogP contribution >= 0.6 is 0 Å². The van der Waals surface area contributed by atoms with Crippen LogP contribution in [0.1, 0.15) is 60.8 Å². The smallest absolute Gasteiger partial charge is 0.0724 e. The SMILES string of the molecule is CC(C)N[C@@H]1CCC[C@H](C(C(C)C)C(C)C)[C@H]1O. The molecule has 0 saturated heterocycles. The molecule has 0 heterocycles. The van der Waals surface area contributed by atoms with Crippen molar-refractivity contribution < 1.29 is 5.11 Å². The summed E-state index contributed by atoms with van der Waals surface area (Å²) in [5.41, 5.74) is 0. The summed E-state index contributed by atoms with van der Waals surface area (Å²) in [6.45, 7) is 13.5. The molecule has 0 radical (unpaired) electrons. The van der Waals surface area contributed by atoms with Gasteiger partial charge in [0.1, 0.15) is 0 Å². The van der Waals surface area contributed by atoms with Gasteiger partial charge in [0.2, 0.25) is 0 Å². The van der Waals surface area contributed by atoms with Gasteiger partial charge >= 0.3 is 0 Å². The van der Waals surface area contributed by atoms with E-state index < -0.39 is 0 Å². The summed E-state index contributed by atoms with van der Waals surface area (Å²) < 4.78 is 0. The van der Waals surface area contributed by atoms with Crippen molar-refractivity contribution in [3.63, 3.8) is 0 Å². The Balaban J connectivity index is 2.74. The lowest BCUT2D eigenvalue weighted by molar-refractivity contribution is -0.0173. The van der Waals surface area contributed by atoms with Gasteiger partial charge in [-0.25, -0.2) is 0 Å². The van der Waals surface area contributed by atoms with Crippen LogP contribution in [0.25, 0.3) is 0 Å². The molecule has 1 saturated carbocycles. The van der Waals surface area contributed by atoms with Gasteiger partial charge in [-0.15, -0.1) is 0 Å². The number of nitrogens with one attached hydrogen (secondary N) is 1. The van der Waals surface area contributed by atoms with Crippen molar-refractivity contribution in [1.82, 2.24) is 5.32 Å². The molecule has 0 aromatic rings. The van der Waals surface area contributed by atoms with Crippen LogP contribution in [-0.2, 0) is 0 Å². The lowest BCUT2D eigenvalue weighted by Gasteiger charge is -2.43. The number of aliphatic hydroxyl groups is 1. The normalized spacial score (nSPS) is 29.8. The van der Waals surface area contributed by atoms with Crippen molar-refractivity contribution in [2.45, 2.75) is 79.0 Å². The maximum Gasteiger partial charge on any atom is 0.0724 e. The summed E-state index contributed by atoms with van der Waals surface area (Å²) in [5.74, 6) is 2.41. The Labute approximate surface area is 114 Å². The molecule has 2 heteroatoms. The molecule has 0 unspecified atom stereocenters. The van der Waals surface area contributed by atoms with E-state index in [4.69, 9.17) is 0 Å². The molecule has 0 aromatic carbocycles. The molecule has 1 aliphatic rings. The third kappa shape index (κ3) is 3.96. The molecular weight excluding hydrogens is 222 g/mol. The van der Waals surface area contributed by atoms with Gasteiger partial charge in [-0.2, -0.15) is 0 Å². The maximum absolute atomic E-state index is 10.7. The molecular formula is C16H33NO. The average molecular weight is 255 g/mol. The fraction of sp³-hybridized carbons (Fsp3) is 1.00. The molecule has 1 rings (SSSR count). The minimum atomic E-state index is -0.170. The zero-order valence-corrected chi connectivity index (χ0v) is 13.1. The van der Waals surface area contributed by atoms with Crippen molar-refractivity contribution in [3.05, 3.63) is 0 Å². The fourth-order valence-corrected chi connectivity index (χ4v) is 4.00. The van der Waals surface area contributed by atoms with Crippen molar-refractivity contribution >= 4 is 0 Å². The van der Waals surface area contributed by atoms with E-state index in [9.17, 15) is 5.11 Å². The summed E-state index contributed by atoms with van der Waals surface area (Å²) in [6, 6.07) is 0.753. The van der Waals surface area contributed by atoms with Crippen molar-refractivity contribution in [2.24, 2.45) is 23.7 Å². The Kier molecular flexibility index (Phi) is 6.13. The fourth-order valence-electron chi connectivity index (χ4n) is 4.00. The van der Waals surface area contributed by atoms with Gasteiger partial charge in [0.05, 0.1) is 6.10 Å². The maximum atomic E-state index is 10.7. The zero-order valence-electron chi connectivity index (χ0n) is 13.1. The molecule has 18 heavy (non-hydrogen) atoms. The first-order chi connectivity index (χ1) is 8.34. The third-order valence-electron chi connectivity index (χ3n) is 4.48. The van der Waals surface area contributed by atoms with Crippen LogP contribution in [0.2, 0.25) is 0 Å². The van der Waals surface area contributed by atoms with E-state index in [-0.39, 0.29) is 6.10 Å². The number of hydrogen-bond acceptors (Lipinski definition) is 2. The largest absolute Gasteiger partial charge is 0.391 e. The first-order valence-corrected chi connectivity index (χ1v) is 7.78. The first-order valence-electron chi connectivity index (χ1n) is 7.78. The van der Waals surface area contributed by atoms with Crippen molar-refractivity contribution in [2.75, 3.05) is 0 Å². The second kappa shape index (κ2) is 6.91. The molecule has 1 aliphatic carbocycles. The van der Waals surface area contributed by atoms with E-state index in [0.29, 0.717) is 35.8 Å². The summed E-state index contributed by atoms with van der Waals surface area (Å²) in [4.78, 5) is 0. The first kappa shape index (κ1) is 16.0. The zero-order chi connectivity index (χ0) is 13.9. The highest BCUT2D eigenvalue weighted by Gasteiger charge is 2.38. The molecule has 0 aliphatic heterocycles. The number of aliphatic hydroxyl groups excluding tert-OH is 1. The molecule has 108 valence electrons. The van der Waals surface area contributed by atoms with Gasteiger partial charge in [0.25, 0.3) is 0 Å². The standard InChI is InChI=1S/C16H33NO/c1-10(2)15(11(3)4)13-8-7-9-14(16(13)18)17-12(5)6/h10-18H,7-9H2,1-6H3/t13-,14-,16-/m1/s1. The lowest BCUT2D eigenvalue weighted by Crippen LogP contribution is -2.51. The van der Waals surface area contributed by atoms with Gasteiger partial charge in [0, 0.05) is 12.1 Å². The third-order valence-corrected chi connectivity index (χ3v) is 4.48.